The summed E-state index contributed by atoms with van der Waals surface area (Å²) < 4.78 is 39.3. The van der Waals surface area contributed by atoms with Crippen molar-refractivity contribution >= 4 is 39.1 Å². The topological polar surface area (TPSA) is 32.9 Å². The molecule has 0 spiro atoms. The standard InChI is InChI=1S/C12H8F3NOS2/c1-6(18)19-7-2-3-10-8(4-7)9(12(13,14)15)5-11(17)16-10/h2-5H,1H3,(H,16,17). The molecule has 0 aliphatic heterocycles. The number of hydrogen-bond acceptors (Lipinski definition) is 3. The van der Waals surface area contributed by atoms with Crippen molar-refractivity contribution in [1.82, 2.24) is 4.98 Å². The molecule has 19 heavy (non-hydrogen) atoms. The van der Waals surface area contributed by atoms with E-state index in [4.69, 9.17) is 12.2 Å². The van der Waals surface area contributed by atoms with Crippen LogP contribution in [0.3, 0.4) is 0 Å². The molecule has 1 aromatic carbocycles. The molecule has 0 fully saturated rings. The molecule has 100 valence electrons. The van der Waals surface area contributed by atoms with Gasteiger partial charge in [-0.25, -0.2) is 0 Å². The van der Waals surface area contributed by atoms with Gasteiger partial charge < -0.3 is 4.98 Å². The van der Waals surface area contributed by atoms with Crippen LogP contribution in [0.2, 0.25) is 0 Å². The average molecular weight is 303 g/mol. The summed E-state index contributed by atoms with van der Waals surface area (Å²) in [6.07, 6.45) is -4.57. The van der Waals surface area contributed by atoms with Crippen LogP contribution in [0.25, 0.3) is 10.9 Å². The number of rotatable bonds is 1. The number of aromatic nitrogens is 1. The Morgan fingerprint density at radius 3 is 2.58 bits per heavy atom. The SMILES string of the molecule is CC(=S)Sc1ccc2[nH]c(=O)cc(C(F)(F)F)c2c1. The third-order valence-corrected chi connectivity index (χ3v) is 3.41. The number of H-pyrrole nitrogens is 1. The van der Waals surface area contributed by atoms with Crippen LogP contribution >= 0.6 is 24.0 Å². The lowest BCUT2D eigenvalue weighted by Gasteiger charge is -2.10. The Bertz CT molecular complexity index is 706. The lowest BCUT2D eigenvalue weighted by atomic mass is 10.1. The van der Waals surface area contributed by atoms with Crippen LogP contribution in [0.1, 0.15) is 12.5 Å². The van der Waals surface area contributed by atoms with Crippen LogP contribution in [0, 0.1) is 0 Å². The van der Waals surface area contributed by atoms with Crippen molar-refractivity contribution < 1.29 is 13.2 Å². The Balaban J connectivity index is 2.72. The second-order valence-electron chi connectivity index (χ2n) is 3.85. The van der Waals surface area contributed by atoms with E-state index in [2.05, 4.69) is 4.98 Å². The van der Waals surface area contributed by atoms with Crippen LogP contribution < -0.4 is 5.56 Å². The first-order chi connectivity index (χ1) is 8.77. The van der Waals surface area contributed by atoms with Gasteiger partial charge in [0.25, 0.3) is 0 Å². The first-order valence-electron chi connectivity index (χ1n) is 5.20. The van der Waals surface area contributed by atoms with Crippen molar-refractivity contribution in [2.75, 3.05) is 0 Å². The number of halogens is 3. The molecule has 0 aliphatic carbocycles. The number of benzene rings is 1. The molecular formula is C12H8F3NOS2. The summed E-state index contributed by atoms with van der Waals surface area (Å²) in [6.45, 7) is 1.70. The summed E-state index contributed by atoms with van der Waals surface area (Å²) >= 11 is 6.12. The molecular weight excluding hydrogens is 295 g/mol. The van der Waals surface area contributed by atoms with E-state index in [-0.39, 0.29) is 10.9 Å². The third-order valence-electron chi connectivity index (χ3n) is 2.38. The summed E-state index contributed by atoms with van der Waals surface area (Å²) in [7, 11) is 0. The highest BCUT2D eigenvalue weighted by atomic mass is 32.2. The first-order valence-corrected chi connectivity index (χ1v) is 6.42. The molecule has 1 aromatic heterocycles. The summed E-state index contributed by atoms with van der Waals surface area (Å²) in [5, 5.41) is -0.0339. The number of hydrogen-bond donors (Lipinski definition) is 1. The van der Waals surface area contributed by atoms with Gasteiger partial charge >= 0.3 is 6.18 Å². The lowest BCUT2D eigenvalue weighted by Crippen LogP contribution is -2.13. The maximum atomic E-state index is 12.9. The molecule has 0 saturated heterocycles. The fourth-order valence-corrected chi connectivity index (χ4v) is 2.63. The number of pyridine rings is 1. The molecule has 1 heterocycles. The summed E-state index contributed by atoms with van der Waals surface area (Å²) in [4.78, 5) is 14.2. The van der Waals surface area contributed by atoms with E-state index in [1.165, 1.54) is 23.9 Å². The van der Waals surface area contributed by atoms with Crippen molar-refractivity contribution in [3.63, 3.8) is 0 Å². The molecule has 0 amide bonds. The number of nitrogens with one attached hydrogen (secondary N) is 1. The Kier molecular flexibility index (Phi) is 3.69. The van der Waals surface area contributed by atoms with E-state index < -0.39 is 17.3 Å². The molecule has 2 nitrogen and oxygen atoms in total. The zero-order chi connectivity index (χ0) is 14.2. The number of aromatic amines is 1. The average Bonchev–Trinajstić information content (AvgIpc) is 2.26. The van der Waals surface area contributed by atoms with Gasteiger partial charge in [-0.1, -0.05) is 24.0 Å². The fraction of sp³-hybridized carbons (Fsp3) is 0.167. The summed E-state index contributed by atoms with van der Waals surface area (Å²) in [5.74, 6) is 0. The minimum atomic E-state index is -4.57. The molecule has 0 unspecified atom stereocenters. The first kappa shape index (κ1) is 14.1. The van der Waals surface area contributed by atoms with Crippen LogP contribution in [-0.4, -0.2) is 9.18 Å². The van der Waals surface area contributed by atoms with Crippen molar-refractivity contribution in [3.05, 3.63) is 40.2 Å². The Morgan fingerprint density at radius 2 is 2.00 bits per heavy atom. The van der Waals surface area contributed by atoms with Gasteiger partial charge in [-0.3, -0.25) is 4.79 Å². The lowest BCUT2D eigenvalue weighted by molar-refractivity contribution is -0.136. The van der Waals surface area contributed by atoms with Crippen LogP contribution in [0.4, 0.5) is 13.2 Å². The van der Waals surface area contributed by atoms with Gasteiger partial charge in [0.05, 0.1) is 5.56 Å². The second-order valence-corrected chi connectivity index (χ2v) is 6.00. The van der Waals surface area contributed by atoms with E-state index >= 15 is 0 Å². The molecule has 7 heteroatoms. The highest BCUT2D eigenvalue weighted by molar-refractivity contribution is 8.23. The third kappa shape index (κ3) is 3.16. The Labute approximate surface area is 116 Å². The number of thiocarbonyl (C=S) groups is 1. The smallest absolute Gasteiger partial charge is 0.322 e. The van der Waals surface area contributed by atoms with Crippen LogP contribution in [0.15, 0.2) is 34.0 Å². The van der Waals surface area contributed by atoms with E-state index in [1.54, 1.807) is 13.0 Å². The van der Waals surface area contributed by atoms with Gasteiger partial charge in [-0.2, -0.15) is 13.2 Å². The van der Waals surface area contributed by atoms with E-state index in [1.807, 2.05) is 0 Å². The molecule has 2 aromatic rings. The molecule has 0 atom stereocenters. The summed E-state index contributed by atoms with van der Waals surface area (Å²) in [5.41, 5.74) is -1.55. The van der Waals surface area contributed by atoms with E-state index in [9.17, 15) is 18.0 Å². The molecule has 0 bridgehead atoms. The van der Waals surface area contributed by atoms with Gasteiger partial charge in [-0.15, -0.1) is 0 Å². The number of fused-ring (bicyclic) bond motifs is 1. The quantitative estimate of drug-likeness (QED) is 0.639. The normalized spacial score (nSPS) is 11.8. The Hall–Kier alpha value is -1.34. The monoisotopic (exact) mass is 303 g/mol. The van der Waals surface area contributed by atoms with Crippen molar-refractivity contribution in [2.45, 2.75) is 18.0 Å². The largest absolute Gasteiger partial charge is 0.417 e. The molecule has 0 saturated carbocycles. The van der Waals surface area contributed by atoms with E-state index in [0.29, 0.717) is 15.2 Å². The second kappa shape index (κ2) is 4.97. The molecule has 0 aliphatic rings. The molecule has 0 radical (unpaired) electrons. The maximum Gasteiger partial charge on any atom is 0.417 e. The summed E-state index contributed by atoms with van der Waals surface area (Å²) in [6, 6.07) is 5.03. The fourth-order valence-electron chi connectivity index (χ4n) is 1.70. The van der Waals surface area contributed by atoms with Crippen molar-refractivity contribution in [1.29, 1.82) is 0 Å². The number of thioether (sulfide) groups is 1. The van der Waals surface area contributed by atoms with Gasteiger partial charge in [0.15, 0.2) is 0 Å². The predicted molar refractivity (Wildman–Crippen MR) is 73.7 cm³/mol. The highest BCUT2D eigenvalue weighted by Gasteiger charge is 2.33. The van der Waals surface area contributed by atoms with Gasteiger partial charge in [0, 0.05) is 26.1 Å². The molecule has 2 rings (SSSR count). The van der Waals surface area contributed by atoms with Gasteiger partial charge in [0.1, 0.15) is 0 Å². The van der Waals surface area contributed by atoms with Crippen LogP contribution in [-0.2, 0) is 6.18 Å². The zero-order valence-corrected chi connectivity index (χ0v) is 11.3. The van der Waals surface area contributed by atoms with Gasteiger partial charge in [0.2, 0.25) is 5.56 Å². The predicted octanol–water partition coefficient (Wildman–Crippen LogP) is 3.99. The zero-order valence-electron chi connectivity index (χ0n) is 9.67. The maximum absolute atomic E-state index is 12.9. The van der Waals surface area contributed by atoms with Crippen LogP contribution in [0.5, 0.6) is 0 Å². The minimum absolute atomic E-state index is 0.0339. The van der Waals surface area contributed by atoms with Crippen molar-refractivity contribution in [3.8, 4) is 0 Å². The highest BCUT2D eigenvalue weighted by Crippen LogP contribution is 2.34. The molecule has 1 N–H and O–H groups in total. The minimum Gasteiger partial charge on any atom is -0.322 e. The van der Waals surface area contributed by atoms with Crippen molar-refractivity contribution in [2.24, 2.45) is 0 Å². The van der Waals surface area contributed by atoms with E-state index in [0.717, 1.165) is 0 Å². The number of alkyl halides is 3. The van der Waals surface area contributed by atoms with Gasteiger partial charge in [-0.05, 0) is 25.1 Å². The Morgan fingerprint density at radius 1 is 1.32 bits per heavy atom.